The molecule has 0 aliphatic heterocycles. The first-order chi connectivity index (χ1) is 8.99. The van der Waals surface area contributed by atoms with Crippen molar-refractivity contribution < 1.29 is 9.13 Å². The van der Waals surface area contributed by atoms with E-state index in [4.69, 9.17) is 16.3 Å². The average molecular weight is 281 g/mol. The topological polar surface area (TPSA) is 35.0 Å². The number of para-hydroxylation sites is 1. The molecule has 100 valence electrons. The summed E-state index contributed by atoms with van der Waals surface area (Å²) in [6.07, 6.45) is 0. The van der Waals surface area contributed by atoms with E-state index in [0.717, 1.165) is 0 Å². The zero-order valence-corrected chi connectivity index (χ0v) is 11.7. The summed E-state index contributed by atoms with van der Waals surface area (Å²) in [5.74, 6) is 0.648. The fourth-order valence-corrected chi connectivity index (χ4v) is 1.64. The van der Waals surface area contributed by atoms with Crippen molar-refractivity contribution in [3.63, 3.8) is 0 Å². The molecule has 0 fully saturated rings. The SMILES string of the molecule is Cc1c(Cl)nc(C(C)C)nc1Oc1ccccc1F. The molecule has 0 atom stereocenters. The Morgan fingerprint density at radius 3 is 2.53 bits per heavy atom. The van der Waals surface area contributed by atoms with E-state index in [1.165, 1.54) is 6.07 Å². The van der Waals surface area contributed by atoms with Gasteiger partial charge in [0, 0.05) is 11.5 Å². The molecule has 3 nitrogen and oxygen atoms in total. The quantitative estimate of drug-likeness (QED) is 0.777. The average Bonchev–Trinajstić information content (AvgIpc) is 2.37. The van der Waals surface area contributed by atoms with Crippen LogP contribution in [0.15, 0.2) is 24.3 Å². The monoisotopic (exact) mass is 280 g/mol. The van der Waals surface area contributed by atoms with E-state index in [0.29, 0.717) is 16.5 Å². The first-order valence-electron chi connectivity index (χ1n) is 5.95. The maximum absolute atomic E-state index is 13.6. The van der Waals surface area contributed by atoms with Crippen LogP contribution in [0.25, 0.3) is 0 Å². The number of halogens is 2. The maximum atomic E-state index is 13.6. The second-order valence-corrected chi connectivity index (χ2v) is 4.85. The Labute approximate surface area is 116 Å². The number of ether oxygens (including phenoxy) is 1. The van der Waals surface area contributed by atoms with Crippen LogP contribution in [0, 0.1) is 12.7 Å². The van der Waals surface area contributed by atoms with E-state index in [1.807, 2.05) is 13.8 Å². The van der Waals surface area contributed by atoms with Crippen LogP contribution in [-0.2, 0) is 0 Å². The highest BCUT2D eigenvalue weighted by Crippen LogP contribution is 2.29. The van der Waals surface area contributed by atoms with Gasteiger partial charge in [-0.1, -0.05) is 37.6 Å². The van der Waals surface area contributed by atoms with E-state index in [1.54, 1.807) is 25.1 Å². The molecule has 0 spiro atoms. The van der Waals surface area contributed by atoms with E-state index in [-0.39, 0.29) is 17.5 Å². The molecule has 1 heterocycles. The minimum Gasteiger partial charge on any atom is -0.435 e. The van der Waals surface area contributed by atoms with Crippen LogP contribution in [0.4, 0.5) is 4.39 Å². The number of rotatable bonds is 3. The minimum atomic E-state index is -0.442. The normalized spacial score (nSPS) is 10.8. The Morgan fingerprint density at radius 2 is 1.89 bits per heavy atom. The van der Waals surface area contributed by atoms with Crippen LogP contribution in [0.3, 0.4) is 0 Å². The maximum Gasteiger partial charge on any atom is 0.227 e. The highest BCUT2D eigenvalue weighted by atomic mass is 35.5. The van der Waals surface area contributed by atoms with Crippen LogP contribution in [0.1, 0.15) is 31.2 Å². The molecular formula is C14H14ClFN2O. The van der Waals surface area contributed by atoms with Gasteiger partial charge in [0.1, 0.15) is 11.0 Å². The first kappa shape index (κ1) is 13.7. The van der Waals surface area contributed by atoms with Crippen molar-refractivity contribution in [2.45, 2.75) is 26.7 Å². The van der Waals surface area contributed by atoms with Crippen molar-refractivity contribution in [2.75, 3.05) is 0 Å². The minimum absolute atomic E-state index is 0.112. The van der Waals surface area contributed by atoms with Crippen LogP contribution >= 0.6 is 11.6 Å². The lowest BCUT2D eigenvalue weighted by Crippen LogP contribution is -2.03. The van der Waals surface area contributed by atoms with Crippen LogP contribution in [-0.4, -0.2) is 9.97 Å². The Hall–Kier alpha value is -1.68. The summed E-state index contributed by atoms with van der Waals surface area (Å²) in [5, 5.41) is 0.324. The van der Waals surface area contributed by atoms with Crippen molar-refractivity contribution in [1.29, 1.82) is 0 Å². The molecule has 0 aliphatic rings. The fraction of sp³-hybridized carbons (Fsp3) is 0.286. The number of benzene rings is 1. The molecule has 0 aliphatic carbocycles. The lowest BCUT2D eigenvalue weighted by Gasteiger charge is -2.12. The lowest BCUT2D eigenvalue weighted by molar-refractivity contribution is 0.420. The van der Waals surface area contributed by atoms with Crippen molar-refractivity contribution in [2.24, 2.45) is 0 Å². The zero-order valence-electron chi connectivity index (χ0n) is 10.9. The van der Waals surface area contributed by atoms with Gasteiger partial charge in [-0.2, -0.15) is 4.98 Å². The van der Waals surface area contributed by atoms with Gasteiger partial charge in [-0.3, -0.25) is 0 Å². The van der Waals surface area contributed by atoms with Crippen molar-refractivity contribution in [1.82, 2.24) is 9.97 Å². The van der Waals surface area contributed by atoms with Gasteiger partial charge in [0.2, 0.25) is 5.88 Å². The van der Waals surface area contributed by atoms with Crippen molar-refractivity contribution in [3.8, 4) is 11.6 Å². The summed E-state index contributed by atoms with van der Waals surface area (Å²) in [7, 11) is 0. The number of hydrogen-bond donors (Lipinski definition) is 0. The lowest BCUT2D eigenvalue weighted by atomic mass is 10.2. The third-order valence-electron chi connectivity index (χ3n) is 2.62. The van der Waals surface area contributed by atoms with E-state index >= 15 is 0 Å². The summed E-state index contributed by atoms with van der Waals surface area (Å²) in [4.78, 5) is 8.46. The smallest absolute Gasteiger partial charge is 0.227 e. The van der Waals surface area contributed by atoms with Crippen molar-refractivity contribution >= 4 is 11.6 Å². The predicted molar refractivity (Wildman–Crippen MR) is 72.3 cm³/mol. The largest absolute Gasteiger partial charge is 0.435 e. The molecule has 2 aromatic rings. The highest BCUT2D eigenvalue weighted by molar-refractivity contribution is 6.30. The number of nitrogens with zero attached hydrogens (tertiary/aromatic N) is 2. The molecule has 0 radical (unpaired) electrons. The second-order valence-electron chi connectivity index (χ2n) is 4.49. The summed E-state index contributed by atoms with van der Waals surface area (Å²) < 4.78 is 19.1. The van der Waals surface area contributed by atoms with E-state index < -0.39 is 5.82 Å². The molecule has 2 rings (SSSR count). The Morgan fingerprint density at radius 1 is 1.21 bits per heavy atom. The molecule has 19 heavy (non-hydrogen) atoms. The van der Waals surface area contributed by atoms with Gasteiger partial charge in [0.05, 0.1) is 0 Å². The Bertz CT molecular complexity index is 602. The molecule has 0 amide bonds. The van der Waals surface area contributed by atoms with Crippen LogP contribution in [0.5, 0.6) is 11.6 Å². The van der Waals surface area contributed by atoms with Crippen LogP contribution < -0.4 is 4.74 Å². The third kappa shape index (κ3) is 3.01. The standard InChI is InChI=1S/C14H14ClFN2O/c1-8(2)13-17-12(15)9(3)14(18-13)19-11-7-5-4-6-10(11)16/h4-8H,1-3H3. The summed E-state index contributed by atoms with van der Waals surface area (Å²) >= 11 is 6.04. The Balaban J connectivity index is 2.42. The van der Waals surface area contributed by atoms with E-state index in [9.17, 15) is 4.39 Å². The molecular weight excluding hydrogens is 267 g/mol. The van der Waals surface area contributed by atoms with Gasteiger partial charge in [0.15, 0.2) is 11.6 Å². The fourth-order valence-electron chi connectivity index (χ4n) is 1.47. The summed E-state index contributed by atoms with van der Waals surface area (Å²) in [5.41, 5.74) is 0.592. The number of hydrogen-bond acceptors (Lipinski definition) is 3. The summed E-state index contributed by atoms with van der Waals surface area (Å²) in [6, 6.07) is 6.16. The molecule has 0 N–H and O–H groups in total. The molecule has 5 heteroatoms. The van der Waals surface area contributed by atoms with Gasteiger partial charge >= 0.3 is 0 Å². The van der Waals surface area contributed by atoms with Crippen molar-refractivity contribution in [3.05, 3.63) is 46.6 Å². The molecule has 0 saturated heterocycles. The van der Waals surface area contributed by atoms with Gasteiger partial charge < -0.3 is 4.74 Å². The zero-order chi connectivity index (χ0) is 14.0. The number of aromatic nitrogens is 2. The summed E-state index contributed by atoms with van der Waals surface area (Å²) in [6.45, 7) is 5.64. The molecule has 0 saturated carbocycles. The predicted octanol–water partition coefficient (Wildman–Crippen LogP) is 4.49. The second kappa shape index (κ2) is 5.53. The van der Waals surface area contributed by atoms with Gasteiger partial charge in [-0.05, 0) is 19.1 Å². The molecule has 0 bridgehead atoms. The highest BCUT2D eigenvalue weighted by Gasteiger charge is 2.14. The van der Waals surface area contributed by atoms with Crippen LogP contribution in [0.2, 0.25) is 5.15 Å². The molecule has 1 aromatic carbocycles. The van der Waals surface area contributed by atoms with E-state index in [2.05, 4.69) is 9.97 Å². The van der Waals surface area contributed by atoms with Gasteiger partial charge in [-0.15, -0.1) is 0 Å². The third-order valence-corrected chi connectivity index (χ3v) is 2.99. The van der Waals surface area contributed by atoms with Gasteiger partial charge in [0.25, 0.3) is 0 Å². The molecule has 1 aromatic heterocycles. The first-order valence-corrected chi connectivity index (χ1v) is 6.33. The van der Waals surface area contributed by atoms with Gasteiger partial charge in [-0.25, -0.2) is 9.37 Å². The molecule has 0 unspecified atom stereocenters. The Kier molecular flexibility index (Phi) is 4.00.